The van der Waals surface area contributed by atoms with E-state index in [4.69, 9.17) is 27.9 Å². The summed E-state index contributed by atoms with van der Waals surface area (Å²) in [5, 5.41) is 11.9. The number of hydrogen-bond donors (Lipinski definition) is 1. The molecule has 1 aromatic heterocycles. The number of benzene rings is 2. The lowest BCUT2D eigenvalue weighted by Gasteiger charge is -2.25. The van der Waals surface area contributed by atoms with Crippen molar-refractivity contribution < 1.29 is 19.4 Å². The Hall–Kier alpha value is -3.35. The molecule has 0 radical (unpaired) electrons. The van der Waals surface area contributed by atoms with Gasteiger partial charge in [0.05, 0.1) is 40.5 Å². The number of amides is 1. The van der Waals surface area contributed by atoms with E-state index < -0.39 is 17.7 Å². The third kappa shape index (κ3) is 4.79. The minimum Gasteiger partial charge on any atom is -0.507 e. The van der Waals surface area contributed by atoms with E-state index >= 15 is 0 Å². The first kappa shape index (κ1) is 23.8. The van der Waals surface area contributed by atoms with E-state index in [-0.39, 0.29) is 22.9 Å². The molecule has 2 heterocycles. The molecule has 0 spiro atoms. The van der Waals surface area contributed by atoms with Crippen LogP contribution in [0.25, 0.3) is 5.76 Å². The zero-order chi connectivity index (χ0) is 24.2. The highest BCUT2D eigenvalue weighted by Crippen LogP contribution is 2.41. The maximum absolute atomic E-state index is 13.2. The van der Waals surface area contributed by atoms with Gasteiger partial charge in [-0.3, -0.25) is 14.6 Å². The molecule has 4 rings (SSSR count). The summed E-state index contributed by atoms with van der Waals surface area (Å²) in [7, 11) is 0. The zero-order valence-corrected chi connectivity index (χ0v) is 19.9. The Morgan fingerprint density at radius 2 is 1.88 bits per heavy atom. The van der Waals surface area contributed by atoms with E-state index in [1.807, 2.05) is 6.92 Å². The molecule has 1 saturated heterocycles. The number of ether oxygens (including phenoxy) is 1. The van der Waals surface area contributed by atoms with E-state index in [1.165, 1.54) is 4.90 Å². The molecule has 1 amide bonds. The van der Waals surface area contributed by atoms with Gasteiger partial charge in [0.2, 0.25) is 0 Å². The lowest BCUT2D eigenvalue weighted by Crippen LogP contribution is -2.29. The Morgan fingerprint density at radius 3 is 2.59 bits per heavy atom. The number of rotatable bonds is 7. The third-order valence-corrected chi connectivity index (χ3v) is 6.18. The molecule has 1 aliphatic rings. The highest BCUT2D eigenvalue weighted by molar-refractivity contribution is 6.46. The van der Waals surface area contributed by atoms with Gasteiger partial charge in [-0.25, -0.2) is 0 Å². The molecule has 1 N–H and O–H groups in total. The minimum absolute atomic E-state index is 0.0352. The number of likely N-dealkylation sites (tertiary alicyclic amines) is 1. The van der Waals surface area contributed by atoms with Crippen LogP contribution in [0.5, 0.6) is 5.75 Å². The number of ketones is 1. The summed E-state index contributed by atoms with van der Waals surface area (Å²) >= 11 is 12.4. The van der Waals surface area contributed by atoms with Gasteiger partial charge in [-0.1, -0.05) is 54.4 Å². The van der Waals surface area contributed by atoms with Crippen LogP contribution >= 0.6 is 23.2 Å². The predicted molar refractivity (Wildman–Crippen MR) is 131 cm³/mol. The Bertz CT molecular complexity index is 1260. The van der Waals surface area contributed by atoms with Crippen molar-refractivity contribution in [1.82, 2.24) is 9.88 Å². The zero-order valence-electron chi connectivity index (χ0n) is 18.4. The van der Waals surface area contributed by atoms with Crippen LogP contribution in [-0.4, -0.2) is 33.3 Å². The number of carbonyl (C=O) groups excluding carboxylic acids is 2. The molecule has 174 valence electrons. The first-order valence-corrected chi connectivity index (χ1v) is 11.5. The molecular weight excluding hydrogens is 475 g/mol. The number of nitrogens with zero attached hydrogens (tertiary/aromatic N) is 2. The molecule has 1 fully saturated rings. The summed E-state index contributed by atoms with van der Waals surface area (Å²) in [6.07, 6.45) is 2.44. The van der Waals surface area contributed by atoms with Gasteiger partial charge < -0.3 is 14.7 Å². The first-order chi connectivity index (χ1) is 16.4. The van der Waals surface area contributed by atoms with Gasteiger partial charge >= 0.3 is 0 Å². The van der Waals surface area contributed by atoms with Crippen LogP contribution in [0.15, 0.2) is 72.4 Å². The molecule has 34 heavy (non-hydrogen) atoms. The van der Waals surface area contributed by atoms with Crippen molar-refractivity contribution >= 4 is 40.7 Å². The first-order valence-electron chi connectivity index (χ1n) is 10.8. The smallest absolute Gasteiger partial charge is 0.296 e. The van der Waals surface area contributed by atoms with Crippen molar-refractivity contribution in [2.24, 2.45) is 0 Å². The van der Waals surface area contributed by atoms with Crippen molar-refractivity contribution in [3.05, 3.63) is 99.3 Å². The predicted octanol–water partition coefficient (Wildman–Crippen LogP) is 5.80. The van der Waals surface area contributed by atoms with Crippen LogP contribution in [0.3, 0.4) is 0 Å². The second kappa shape index (κ2) is 10.3. The fraction of sp³-hybridized carbons (Fsp3) is 0.192. The molecule has 0 aliphatic carbocycles. The molecule has 3 aromatic rings. The normalized spacial score (nSPS) is 17.3. The highest BCUT2D eigenvalue weighted by atomic mass is 35.5. The quantitative estimate of drug-likeness (QED) is 0.254. The minimum atomic E-state index is -0.878. The maximum Gasteiger partial charge on any atom is 0.296 e. The Balaban J connectivity index is 1.84. The lowest BCUT2D eigenvalue weighted by molar-refractivity contribution is -0.140. The number of aromatic nitrogens is 1. The lowest BCUT2D eigenvalue weighted by atomic mass is 9.95. The van der Waals surface area contributed by atoms with Gasteiger partial charge in [0.1, 0.15) is 11.5 Å². The van der Waals surface area contributed by atoms with Crippen LogP contribution in [0, 0.1) is 0 Å². The molecular formula is C26H22Cl2N2O4. The van der Waals surface area contributed by atoms with Crippen LogP contribution in [0.1, 0.15) is 36.2 Å². The third-order valence-electron chi connectivity index (χ3n) is 5.44. The van der Waals surface area contributed by atoms with Gasteiger partial charge in [0.15, 0.2) is 0 Å². The molecule has 2 aromatic carbocycles. The fourth-order valence-corrected chi connectivity index (χ4v) is 4.15. The van der Waals surface area contributed by atoms with E-state index in [9.17, 15) is 14.7 Å². The van der Waals surface area contributed by atoms with Gasteiger partial charge in [-0.2, -0.15) is 0 Å². The number of pyridine rings is 1. The molecule has 1 unspecified atom stereocenters. The van der Waals surface area contributed by atoms with Crippen LogP contribution in [0.2, 0.25) is 10.0 Å². The molecule has 1 atom stereocenters. The summed E-state index contributed by atoms with van der Waals surface area (Å²) in [6.45, 7) is 2.58. The van der Waals surface area contributed by atoms with Gasteiger partial charge in [0, 0.05) is 11.8 Å². The van der Waals surface area contributed by atoms with E-state index in [1.54, 1.807) is 66.9 Å². The second-order valence-corrected chi connectivity index (χ2v) is 8.61. The number of hydrogen-bond acceptors (Lipinski definition) is 5. The SMILES string of the molecule is CCCOc1cccc(/C(O)=C2/C(=O)C(=O)N(Cc3ccccn3)C2c2ccc(Cl)c(Cl)c2)c1. The second-order valence-electron chi connectivity index (χ2n) is 7.80. The number of carbonyl (C=O) groups is 2. The van der Waals surface area contributed by atoms with Crippen LogP contribution in [0.4, 0.5) is 0 Å². The largest absolute Gasteiger partial charge is 0.507 e. The standard InChI is InChI=1S/C26H22Cl2N2O4/c1-2-12-34-19-8-5-6-17(13-19)24(31)22-23(16-9-10-20(27)21(28)14-16)30(26(33)25(22)32)15-18-7-3-4-11-29-18/h3-11,13-14,23,31H,2,12,15H2,1H3/b24-22-. The van der Waals surface area contributed by atoms with Gasteiger partial charge in [0.25, 0.3) is 11.7 Å². The molecule has 0 saturated carbocycles. The van der Waals surface area contributed by atoms with Gasteiger partial charge in [-0.15, -0.1) is 0 Å². The van der Waals surface area contributed by atoms with Crippen LogP contribution < -0.4 is 4.74 Å². The number of Topliss-reactive ketones (excluding diaryl/α,β-unsaturated/α-hetero) is 1. The van der Waals surface area contributed by atoms with Crippen molar-refractivity contribution in [1.29, 1.82) is 0 Å². The Labute approximate surface area is 207 Å². The number of aliphatic hydroxyl groups is 1. The fourth-order valence-electron chi connectivity index (χ4n) is 3.85. The summed E-state index contributed by atoms with van der Waals surface area (Å²) in [6, 6.07) is 16.1. The summed E-state index contributed by atoms with van der Waals surface area (Å²) in [4.78, 5) is 32.0. The van der Waals surface area contributed by atoms with Gasteiger partial charge in [-0.05, 0) is 48.4 Å². The monoisotopic (exact) mass is 496 g/mol. The Kier molecular flexibility index (Phi) is 7.20. The summed E-state index contributed by atoms with van der Waals surface area (Å²) < 4.78 is 5.66. The average Bonchev–Trinajstić information content (AvgIpc) is 3.09. The number of halogens is 2. The molecule has 8 heteroatoms. The van der Waals surface area contributed by atoms with E-state index in [0.717, 1.165) is 6.42 Å². The Morgan fingerprint density at radius 1 is 1.06 bits per heavy atom. The van der Waals surface area contributed by atoms with Crippen LogP contribution in [-0.2, 0) is 16.1 Å². The van der Waals surface area contributed by atoms with Crippen molar-refractivity contribution in [3.63, 3.8) is 0 Å². The maximum atomic E-state index is 13.2. The molecule has 1 aliphatic heterocycles. The number of aliphatic hydroxyl groups excluding tert-OH is 1. The van der Waals surface area contributed by atoms with E-state index in [0.29, 0.717) is 34.2 Å². The molecule has 0 bridgehead atoms. The van der Waals surface area contributed by atoms with Crippen molar-refractivity contribution in [2.75, 3.05) is 6.61 Å². The summed E-state index contributed by atoms with van der Waals surface area (Å²) in [5.41, 5.74) is 1.48. The highest BCUT2D eigenvalue weighted by Gasteiger charge is 2.46. The topological polar surface area (TPSA) is 79.7 Å². The van der Waals surface area contributed by atoms with Crippen molar-refractivity contribution in [3.8, 4) is 5.75 Å². The van der Waals surface area contributed by atoms with E-state index in [2.05, 4.69) is 4.98 Å². The molecule has 6 nitrogen and oxygen atoms in total. The van der Waals surface area contributed by atoms with Crippen molar-refractivity contribution in [2.45, 2.75) is 25.9 Å². The average molecular weight is 497 g/mol. The summed E-state index contributed by atoms with van der Waals surface area (Å²) in [5.74, 6) is -1.26.